The number of benzene rings is 1. The van der Waals surface area contributed by atoms with Crippen LogP contribution < -0.4 is 10.1 Å². The second-order valence-electron chi connectivity index (χ2n) is 4.82. The molecule has 1 fully saturated rings. The van der Waals surface area contributed by atoms with Crippen LogP contribution in [0.25, 0.3) is 0 Å². The number of carboxylic acid groups (broad SMARTS) is 1. The number of carbonyl (C=O) groups excluding carboxylic acids is 1. The highest BCUT2D eigenvalue weighted by Crippen LogP contribution is 2.33. The molecule has 1 aromatic rings. The normalized spacial score (nSPS) is 15.5. The zero-order chi connectivity index (χ0) is 14.7. The van der Waals surface area contributed by atoms with Gasteiger partial charge in [0.25, 0.3) is 0 Å². The van der Waals surface area contributed by atoms with Crippen molar-refractivity contribution in [1.29, 1.82) is 0 Å². The Morgan fingerprint density at radius 3 is 2.75 bits per heavy atom. The lowest BCUT2D eigenvalue weighted by Crippen LogP contribution is -2.43. The average molecular weight is 298 g/mol. The number of hydrogen-bond acceptors (Lipinski definition) is 3. The van der Waals surface area contributed by atoms with Gasteiger partial charge < -0.3 is 15.2 Å². The first kappa shape index (κ1) is 14.7. The van der Waals surface area contributed by atoms with E-state index in [9.17, 15) is 9.59 Å². The molecule has 0 bridgehead atoms. The van der Waals surface area contributed by atoms with Gasteiger partial charge in [0.2, 0.25) is 5.91 Å². The lowest BCUT2D eigenvalue weighted by molar-refractivity contribution is -0.142. The molecule has 108 valence electrons. The number of rotatable bonds is 6. The molecule has 0 spiro atoms. The number of halogens is 1. The summed E-state index contributed by atoms with van der Waals surface area (Å²) in [5.41, 5.74) is 0.564. The molecule has 6 heteroatoms. The largest absolute Gasteiger partial charge is 0.496 e. The summed E-state index contributed by atoms with van der Waals surface area (Å²) in [6, 6.07) is 4.30. The molecule has 1 aliphatic carbocycles. The number of carboxylic acids is 1. The fourth-order valence-corrected chi connectivity index (χ4v) is 2.33. The third-order valence-corrected chi connectivity index (χ3v) is 3.66. The lowest BCUT2D eigenvalue weighted by atomic mass is 10.1. The van der Waals surface area contributed by atoms with Gasteiger partial charge in [0.15, 0.2) is 0 Å². The molecule has 0 heterocycles. The van der Waals surface area contributed by atoms with Crippen molar-refractivity contribution in [2.24, 2.45) is 5.92 Å². The Bertz CT molecular complexity index is 528. The van der Waals surface area contributed by atoms with Crippen LogP contribution in [0.5, 0.6) is 5.75 Å². The van der Waals surface area contributed by atoms with Gasteiger partial charge in [-0.15, -0.1) is 0 Å². The van der Waals surface area contributed by atoms with E-state index in [0.29, 0.717) is 16.3 Å². The second kappa shape index (κ2) is 6.13. The molecule has 1 atom stereocenters. The van der Waals surface area contributed by atoms with Gasteiger partial charge in [-0.1, -0.05) is 17.7 Å². The number of ether oxygens (including phenoxy) is 1. The van der Waals surface area contributed by atoms with Crippen LogP contribution in [-0.2, 0) is 16.0 Å². The van der Waals surface area contributed by atoms with E-state index >= 15 is 0 Å². The Morgan fingerprint density at radius 1 is 1.50 bits per heavy atom. The van der Waals surface area contributed by atoms with Crippen LogP contribution in [0, 0.1) is 5.92 Å². The molecular formula is C14H16ClNO4. The van der Waals surface area contributed by atoms with E-state index in [-0.39, 0.29) is 18.2 Å². The summed E-state index contributed by atoms with van der Waals surface area (Å²) in [5, 5.41) is 12.1. The van der Waals surface area contributed by atoms with Crippen molar-refractivity contribution in [3.8, 4) is 5.75 Å². The first-order valence-electron chi connectivity index (χ1n) is 6.36. The summed E-state index contributed by atoms with van der Waals surface area (Å²) >= 11 is 6.05. The highest BCUT2D eigenvalue weighted by molar-refractivity contribution is 6.31. The van der Waals surface area contributed by atoms with Crippen LogP contribution in [0.2, 0.25) is 5.02 Å². The Balaban J connectivity index is 2.06. The van der Waals surface area contributed by atoms with Gasteiger partial charge in [-0.25, -0.2) is 4.79 Å². The zero-order valence-electron chi connectivity index (χ0n) is 11.1. The Hall–Kier alpha value is -1.75. The van der Waals surface area contributed by atoms with Crippen molar-refractivity contribution in [3.05, 3.63) is 28.8 Å². The number of amides is 1. The van der Waals surface area contributed by atoms with E-state index in [4.69, 9.17) is 21.4 Å². The molecule has 1 amide bonds. The maximum Gasteiger partial charge on any atom is 0.326 e. The van der Waals surface area contributed by atoms with Crippen molar-refractivity contribution >= 4 is 23.5 Å². The lowest BCUT2D eigenvalue weighted by Gasteiger charge is -2.15. The molecule has 2 N–H and O–H groups in total. The number of methoxy groups -OCH3 is 1. The SMILES string of the molecule is COc1cccc(Cl)c1CC(=O)NC(C(=O)O)C1CC1. The highest BCUT2D eigenvalue weighted by atomic mass is 35.5. The van der Waals surface area contributed by atoms with Gasteiger partial charge in [-0.3, -0.25) is 4.79 Å². The minimum atomic E-state index is -0.994. The Morgan fingerprint density at radius 2 is 2.20 bits per heavy atom. The predicted molar refractivity (Wildman–Crippen MR) is 74.0 cm³/mol. The summed E-state index contributed by atoms with van der Waals surface area (Å²) < 4.78 is 5.16. The van der Waals surface area contributed by atoms with Crippen molar-refractivity contribution in [2.45, 2.75) is 25.3 Å². The number of nitrogens with one attached hydrogen (secondary N) is 1. The topological polar surface area (TPSA) is 75.6 Å². The summed E-state index contributed by atoms with van der Waals surface area (Å²) in [6.07, 6.45) is 1.68. The van der Waals surface area contributed by atoms with Gasteiger partial charge in [0.1, 0.15) is 11.8 Å². The minimum Gasteiger partial charge on any atom is -0.496 e. The van der Waals surface area contributed by atoms with Crippen molar-refractivity contribution in [2.75, 3.05) is 7.11 Å². The molecule has 20 heavy (non-hydrogen) atoms. The fourth-order valence-electron chi connectivity index (χ4n) is 2.10. The first-order chi connectivity index (χ1) is 9.52. The van der Waals surface area contributed by atoms with E-state index < -0.39 is 12.0 Å². The zero-order valence-corrected chi connectivity index (χ0v) is 11.8. The quantitative estimate of drug-likeness (QED) is 0.840. The number of carbonyl (C=O) groups is 2. The highest BCUT2D eigenvalue weighted by Gasteiger charge is 2.37. The summed E-state index contributed by atoms with van der Waals surface area (Å²) in [7, 11) is 1.50. The smallest absolute Gasteiger partial charge is 0.326 e. The van der Waals surface area contributed by atoms with Crippen molar-refractivity contribution in [3.63, 3.8) is 0 Å². The minimum absolute atomic E-state index is 0.000648. The van der Waals surface area contributed by atoms with E-state index in [2.05, 4.69) is 5.32 Å². The number of aliphatic carboxylic acids is 1. The molecule has 5 nitrogen and oxygen atoms in total. The molecule has 0 saturated heterocycles. The molecular weight excluding hydrogens is 282 g/mol. The number of hydrogen-bond donors (Lipinski definition) is 2. The Kier molecular flexibility index (Phi) is 4.49. The molecule has 0 aliphatic heterocycles. The molecule has 1 saturated carbocycles. The standard InChI is InChI=1S/C14H16ClNO4/c1-20-11-4-2-3-10(15)9(11)7-12(17)16-13(14(18)19)8-5-6-8/h2-4,8,13H,5-7H2,1H3,(H,16,17)(H,18,19). The third kappa shape index (κ3) is 3.42. The molecule has 0 aromatic heterocycles. The van der Waals surface area contributed by atoms with E-state index in [0.717, 1.165) is 12.8 Å². The van der Waals surface area contributed by atoms with Crippen LogP contribution in [0.15, 0.2) is 18.2 Å². The van der Waals surface area contributed by atoms with Crippen LogP contribution in [0.4, 0.5) is 0 Å². The maximum absolute atomic E-state index is 12.0. The fraction of sp³-hybridized carbons (Fsp3) is 0.429. The van der Waals surface area contributed by atoms with Gasteiger partial charge in [-0.2, -0.15) is 0 Å². The molecule has 1 aromatic carbocycles. The maximum atomic E-state index is 12.0. The summed E-state index contributed by atoms with van der Waals surface area (Å²) in [6.45, 7) is 0. The monoisotopic (exact) mass is 297 g/mol. The van der Waals surface area contributed by atoms with Crippen LogP contribution in [-0.4, -0.2) is 30.1 Å². The van der Waals surface area contributed by atoms with Crippen molar-refractivity contribution < 1.29 is 19.4 Å². The van der Waals surface area contributed by atoms with Gasteiger partial charge in [0.05, 0.1) is 13.5 Å². The van der Waals surface area contributed by atoms with E-state index in [1.807, 2.05) is 0 Å². The molecule has 1 unspecified atom stereocenters. The van der Waals surface area contributed by atoms with Crippen molar-refractivity contribution in [1.82, 2.24) is 5.32 Å². The predicted octanol–water partition coefficient (Wildman–Crippen LogP) is 1.87. The van der Waals surface area contributed by atoms with Crippen LogP contribution in [0.1, 0.15) is 18.4 Å². The molecule has 1 aliphatic rings. The average Bonchev–Trinajstić information content (AvgIpc) is 3.22. The summed E-state index contributed by atoms with van der Waals surface area (Å²) in [4.78, 5) is 23.1. The molecule has 0 radical (unpaired) electrons. The summed E-state index contributed by atoms with van der Waals surface area (Å²) in [5.74, 6) is -0.793. The van der Waals surface area contributed by atoms with Gasteiger partial charge in [0, 0.05) is 10.6 Å². The second-order valence-corrected chi connectivity index (χ2v) is 5.23. The van der Waals surface area contributed by atoms with Gasteiger partial charge in [-0.05, 0) is 30.9 Å². The first-order valence-corrected chi connectivity index (χ1v) is 6.74. The van der Waals surface area contributed by atoms with E-state index in [1.54, 1.807) is 18.2 Å². The van der Waals surface area contributed by atoms with Gasteiger partial charge >= 0.3 is 5.97 Å². The van der Waals surface area contributed by atoms with E-state index in [1.165, 1.54) is 7.11 Å². The third-order valence-electron chi connectivity index (χ3n) is 3.31. The Labute approximate surface area is 121 Å². The molecule has 2 rings (SSSR count). The van der Waals surface area contributed by atoms with Crippen LogP contribution >= 0.6 is 11.6 Å². The van der Waals surface area contributed by atoms with Crippen LogP contribution in [0.3, 0.4) is 0 Å².